The summed E-state index contributed by atoms with van der Waals surface area (Å²) in [6.45, 7) is 5.09. The van der Waals surface area contributed by atoms with Crippen LogP contribution in [0.2, 0.25) is 0 Å². The van der Waals surface area contributed by atoms with Gasteiger partial charge in [-0.15, -0.1) is 0 Å². The van der Waals surface area contributed by atoms with E-state index in [1.54, 1.807) is 40.9 Å². The number of anilines is 1. The third-order valence-corrected chi connectivity index (χ3v) is 7.53. The molecule has 4 rings (SSSR count). The summed E-state index contributed by atoms with van der Waals surface area (Å²) in [5, 5.41) is 47.6. The molecule has 0 radical (unpaired) electrons. The highest BCUT2D eigenvalue weighted by molar-refractivity contribution is 6.25. The summed E-state index contributed by atoms with van der Waals surface area (Å²) < 4.78 is 0. The molecule has 10 nitrogen and oxygen atoms in total. The van der Waals surface area contributed by atoms with Crippen molar-refractivity contribution in [3.05, 3.63) is 40.2 Å². The van der Waals surface area contributed by atoms with E-state index < -0.39 is 63.6 Å². The second-order valence-corrected chi connectivity index (χ2v) is 11.7. The first kappa shape index (κ1) is 26.7. The number of ketones is 2. The predicted molar refractivity (Wildman–Crippen MR) is 137 cm³/mol. The Bertz CT molecular complexity index is 1270. The van der Waals surface area contributed by atoms with Gasteiger partial charge in [0.05, 0.1) is 11.6 Å². The molecule has 200 valence electrons. The van der Waals surface area contributed by atoms with E-state index in [-0.39, 0.29) is 29.7 Å². The van der Waals surface area contributed by atoms with E-state index >= 15 is 0 Å². The van der Waals surface area contributed by atoms with Crippen molar-refractivity contribution in [2.75, 3.05) is 33.1 Å². The van der Waals surface area contributed by atoms with Crippen molar-refractivity contribution in [2.45, 2.75) is 50.8 Å². The van der Waals surface area contributed by atoms with E-state index in [4.69, 9.17) is 0 Å². The summed E-state index contributed by atoms with van der Waals surface area (Å²) >= 11 is 0. The number of phenols is 1. The normalized spacial score (nSPS) is 27.6. The Hall–Kier alpha value is -3.37. The maximum Gasteiger partial charge on any atom is 0.258 e. The molecule has 37 heavy (non-hydrogen) atoms. The number of carbonyl (C=O) groups excluding carboxylic acids is 3. The second-order valence-electron chi connectivity index (χ2n) is 11.7. The SMILES string of the molecule is CN(C)c1ccc(O)c2c1C[C@H]1C[C@H]3[C@@H](N(C)C)C(=O)C(C(=O)NC(C)(C)C)=C(O)[C@]3(O)C(=O)C1=C2O. The van der Waals surface area contributed by atoms with E-state index in [2.05, 4.69) is 5.32 Å². The highest BCUT2D eigenvalue weighted by Crippen LogP contribution is 2.53. The summed E-state index contributed by atoms with van der Waals surface area (Å²) in [6.07, 6.45) is 0.349. The van der Waals surface area contributed by atoms with Crippen molar-refractivity contribution in [1.82, 2.24) is 10.2 Å². The minimum absolute atomic E-state index is 0.0798. The Labute approximate surface area is 215 Å². The lowest BCUT2D eigenvalue weighted by Gasteiger charge is -2.50. The number of aliphatic hydroxyl groups excluding tert-OH is 2. The van der Waals surface area contributed by atoms with Crippen LogP contribution in [0.15, 0.2) is 29.0 Å². The van der Waals surface area contributed by atoms with Gasteiger partial charge in [-0.3, -0.25) is 19.3 Å². The molecule has 1 saturated carbocycles. The number of Topliss-reactive ketones (excluding diaryl/α,β-unsaturated/α-hetero) is 2. The van der Waals surface area contributed by atoms with Crippen LogP contribution in [-0.2, 0) is 20.8 Å². The van der Waals surface area contributed by atoms with Gasteiger partial charge in [0.2, 0.25) is 5.78 Å². The van der Waals surface area contributed by atoms with Gasteiger partial charge in [0, 0.05) is 36.8 Å². The van der Waals surface area contributed by atoms with Crippen LogP contribution < -0.4 is 10.2 Å². The van der Waals surface area contributed by atoms with Crippen molar-refractivity contribution in [2.24, 2.45) is 11.8 Å². The van der Waals surface area contributed by atoms with Gasteiger partial charge in [-0.2, -0.15) is 0 Å². The molecule has 3 aliphatic rings. The first-order valence-electron chi connectivity index (χ1n) is 12.2. The molecule has 4 atom stereocenters. The van der Waals surface area contributed by atoms with Gasteiger partial charge in [-0.25, -0.2) is 0 Å². The van der Waals surface area contributed by atoms with Gasteiger partial charge in [0.25, 0.3) is 5.91 Å². The number of fused-ring (bicyclic) bond motifs is 3. The highest BCUT2D eigenvalue weighted by Gasteiger charge is 2.64. The third-order valence-electron chi connectivity index (χ3n) is 7.53. The van der Waals surface area contributed by atoms with Crippen molar-refractivity contribution in [1.29, 1.82) is 0 Å². The summed E-state index contributed by atoms with van der Waals surface area (Å²) in [5.74, 6) is -5.93. The molecular weight excluding hydrogens is 478 g/mol. The van der Waals surface area contributed by atoms with Crippen LogP contribution in [0.3, 0.4) is 0 Å². The number of nitrogens with one attached hydrogen (secondary N) is 1. The number of benzene rings is 1. The van der Waals surface area contributed by atoms with Crippen molar-refractivity contribution in [3.63, 3.8) is 0 Å². The summed E-state index contributed by atoms with van der Waals surface area (Å²) in [7, 11) is 6.86. The predicted octanol–water partition coefficient (Wildman–Crippen LogP) is 1.46. The first-order chi connectivity index (χ1) is 17.0. The van der Waals surface area contributed by atoms with Crippen LogP contribution >= 0.6 is 0 Å². The average molecular weight is 514 g/mol. The minimum atomic E-state index is -2.61. The number of nitrogens with zero attached hydrogens (tertiary/aromatic N) is 2. The molecule has 0 unspecified atom stereocenters. The number of rotatable bonds is 3. The van der Waals surface area contributed by atoms with Crippen LogP contribution in [0.25, 0.3) is 5.76 Å². The molecule has 1 amide bonds. The Morgan fingerprint density at radius 2 is 1.70 bits per heavy atom. The van der Waals surface area contributed by atoms with Gasteiger partial charge in [-0.1, -0.05) is 0 Å². The third kappa shape index (κ3) is 3.90. The van der Waals surface area contributed by atoms with Gasteiger partial charge in [0.1, 0.15) is 22.8 Å². The molecule has 0 bridgehead atoms. The summed E-state index contributed by atoms with van der Waals surface area (Å²) in [4.78, 5) is 44.0. The second kappa shape index (κ2) is 8.59. The summed E-state index contributed by atoms with van der Waals surface area (Å²) in [6, 6.07) is 2.06. The van der Waals surface area contributed by atoms with Crippen molar-refractivity contribution in [3.8, 4) is 5.75 Å². The Kier molecular flexibility index (Phi) is 6.20. The van der Waals surface area contributed by atoms with Gasteiger partial charge >= 0.3 is 0 Å². The fraction of sp³-hybridized carbons (Fsp3) is 0.519. The van der Waals surface area contributed by atoms with E-state index in [1.165, 1.54) is 11.0 Å². The highest BCUT2D eigenvalue weighted by atomic mass is 16.3. The molecule has 0 heterocycles. The largest absolute Gasteiger partial charge is 0.508 e. The standard InChI is InChI=1S/C27H35N3O7/c1-26(2,3)28-25(36)19-22(33)20(30(6)7)14-11-12-10-13-15(29(4)5)8-9-16(31)18(13)21(32)17(12)23(34)27(14,37)24(19)35/h8-9,12,14,20,31-32,35,37H,10-11H2,1-7H3,(H,28,36)/t12-,14-,20+,27+/m0/s1. The lowest BCUT2D eigenvalue weighted by Crippen LogP contribution is -2.66. The number of hydrogen-bond donors (Lipinski definition) is 5. The van der Waals surface area contributed by atoms with E-state index in [0.717, 1.165) is 5.69 Å². The molecule has 1 aromatic rings. The fourth-order valence-electron chi connectivity index (χ4n) is 6.03. The molecule has 10 heteroatoms. The van der Waals surface area contributed by atoms with Crippen molar-refractivity contribution < 1.29 is 34.8 Å². The minimum Gasteiger partial charge on any atom is -0.508 e. The fourth-order valence-corrected chi connectivity index (χ4v) is 6.03. The lowest BCUT2D eigenvalue weighted by molar-refractivity contribution is -0.153. The maximum absolute atomic E-state index is 14.0. The zero-order chi connectivity index (χ0) is 27.8. The zero-order valence-corrected chi connectivity index (χ0v) is 22.2. The Balaban J connectivity index is 1.96. The molecule has 1 aromatic carbocycles. The zero-order valence-electron chi connectivity index (χ0n) is 22.2. The van der Waals surface area contributed by atoms with Gasteiger partial charge in [-0.05, 0) is 71.3 Å². The van der Waals surface area contributed by atoms with Crippen LogP contribution in [0, 0.1) is 11.8 Å². The monoisotopic (exact) mass is 513 g/mol. The Morgan fingerprint density at radius 3 is 2.24 bits per heavy atom. The van der Waals surface area contributed by atoms with Crippen LogP contribution in [0.1, 0.15) is 38.3 Å². The van der Waals surface area contributed by atoms with Gasteiger partial charge < -0.3 is 30.6 Å². The molecule has 0 aromatic heterocycles. The molecular formula is C27H35N3O7. The topological polar surface area (TPSA) is 151 Å². The molecule has 1 fully saturated rings. The quantitative estimate of drug-likeness (QED) is 0.379. The first-order valence-corrected chi connectivity index (χ1v) is 12.2. The molecule has 5 N–H and O–H groups in total. The van der Waals surface area contributed by atoms with Gasteiger partial charge in [0.15, 0.2) is 11.4 Å². The average Bonchev–Trinajstić information content (AvgIpc) is 2.74. The maximum atomic E-state index is 14.0. The van der Waals surface area contributed by atoms with Crippen LogP contribution in [0.5, 0.6) is 5.75 Å². The number of amides is 1. The number of aromatic hydroxyl groups is 1. The van der Waals surface area contributed by atoms with Crippen LogP contribution in [0.4, 0.5) is 5.69 Å². The van der Waals surface area contributed by atoms with Crippen molar-refractivity contribution >= 4 is 28.9 Å². The number of phenolic OH excluding ortho intramolecular Hbond substituents is 1. The lowest BCUT2D eigenvalue weighted by atomic mass is 9.57. The molecule has 3 aliphatic carbocycles. The smallest absolute Gasteiger partial charge is 0.258 e. The van der Waals surface area contributed by atoms with E-state index in [1.807, 2.05) is 19.0 Å². The Morgan fingerprint density at radius 1 is 1.08 bits per heavy atom. The molecule has 0 spiro atoms. The molecule has 0 aliphatic heterocycles. The number of likely N-dealkylation sites (N-methyl/N-ethyl adjacent to an activating group) is 1. The summed E-state index contributed by atoms with van der Waals surface area (Å²) in [5.41, 5.74) is -2.69. The number of carbonyl (C=O) groups is 3. The van der Waals surface area contributed by atoms with Crippen LogP contribution in [-0.4, -0.2) is 88.2 Å². The molecule has 0 saturated heterocycles. The number of aliphatic hydroxyl groups is 3. The van der Waals surface area contributed by atoms with E-state index in [9.17, 15) is 34.8 Å². The number of hydrogen-bond acceptors (Lipinski definition) is 9. The van der Waals surface area contributed by atoms with E-state index in [0.29, 0.717) is 5.56 Å².